The zero-order valence-electron chi connectivity index (χ0n) is 35.0. The largest absolute Gasteiger partial charge is 0.310 e. The van der Waals surface area contributed by atoms with E-state index in [1.54, 1.807) is 0 Å². The molecule has 0 radical (unpaired) electrons. The van der Waals surface area contributed by atoms with Crippen molar-refractivity contribution in [1.29, 1.82) is 0 Å². The van der Waals surface area contributed by atoms with Crippen LogP contribution in [0.3, 0.4) is 0 Å². The summed E-state index contributed by atoms with van der Waals surface area (Å²) in [5.74, 6) is 0. The number of para-hydroxylation sites is 1. The first-order valence-electron chi connectivity index (χ1n) is 21.9. The molecular formula is C62H41NS. The van der Waals surface area contributed by atoms with Crippen LogP contribution in [0.5, 0.6) is 0 Å². The second kappa shape index (κ2) is 16.0. The molecule has 0 aliphatic rings. The standard InChI is InChI=1S/C62H41NS/c1-2-12-50-40-51(29-26-42(50)10-1)47-22-20-43(21-23-47)45-30-35-53(36-31-45)63(60-18-7-5-15-57(60)52-34-39-59-58-16-6-8-19-61(58)64-62(59)41-52)54-37-32-46(33-38-54)44-24-27-49(28-25-44)56-17-9-13-48-11-3-4-14-55(48)56/h1-41H. The van der Waals surface area contributed by atoms with E-state index in [9.17, 15) is 0 Å². The Balaban J connectivity index is 0.903. The molecule has 64 heavy (non-hydrogen) atoms. The molecule has 0 spiro atoms. The summed E-state index contributed by atoms with van der Waals surface area (Å²) in [6.07, 6.45) is 0. The number of rotatable bonds is 8. The van der Waals surface area contributed by atoms with E-state index in [1.807, 2.05) is 11.3 Å². The summed E-state index contributed by atoms with van der Waals surface area (Å²) in [7, 11) is 0. The number of benzene rings is 11. The molecule has 1 heterocycles. The van der Waals surface area contributed by atoms with Crippen LogP contribution in [0.2, 0.25) is 0 Å². The van der Waals surface area contributed by atoms with Gasteiger partial charge in [-0.3, -0.25) is 0 Å². The van der Waals surface area contributed by atoms with E-state index in [0.29, 0.717) is 0 Å². The third kappa shape index (κ3) is 6.91. The van der Waals surface area contributed by atoms with Gasteiger partial charge in [0.2, 0.25) is 0 Å². The van der Waals surface area contributed by atoms with E-state index in [-0.39, 0.29) is 0 Å². The van der Waals surface area contributed by atoms with E-state index in [1.165, 1.54) is 97.4 Å². The fourth-order valence-corrected chi connectivity index (χ4v) is 10.5. The van der Waals surface area contributed by atoms with Gasteiger partial charge in [0.05, 0.1) is 5.69 Å². The van der Waals surface area contributed by atoms with Crippen LogP contribution in [-0.2, 0) is 0 Å². The van der Waals surface area contributed by atoms with Crippen LogP contribution in [0, 0.1) is 0 Å². The lowest BCUT2D eigenvalue weighted by atomic mass is 9.96. The lowest BCUT2D eigenvalue weighted by molar-refractivity contribution is 1.28. The zero-order chi connectivity index (χ0) is 42.4. The average Bonchev–Trinajstić information content (AvgIpc) is 3.75. The summed E-state index contributed by atoms with van der Waals surface area (Å²) in [4.78, 5) is 2.41. The molecule has 0 unspecified atom stereocenters. The molecule has 12 aromatic rings. The summed E-state index contributed by atoms with van der Waals surface area (Å²) >= 11 is 1.86. The third-order valence-corrected chi connectivity index (χ3v) is 13.8. The van der Waals surface area contributed by atoms with Crippen molar-refractivity contribution in [3.8, 4) is 55.6 Å². The lowest BCUT2D eigenvalue weighted by Crippen LogP contribution is -2.11. The molecule has 11 aromatic carbocycles. The SMILES string of the molecule is c1ccc(N(c2ccc(-c3ccc(-c4ccc5ccccc5c4)cc3)cc2)c2ccc(-c3ccc(-c4cccc5ccccc45)cc3)cc2)c(-c2ccc3c(c2)sc2ccccc23)c1. The van der Waals surface area contributed by atoms with Crippen molar-refractivity contribution in [3.63, 3.8) is 0 Å². The molecule has 1 nitrogen and oxygen atoms in total. The Hall–Kier alpha value is -8.04. The van der Waals surface area contributed by atoms with Gasteiger partial charge in [0.15, 0.2) is 0 Å². The number of thiophene rings is 1. The Morgan fingerprint density at radius 2 is 0.719 bits per heavy atom. The highest BCUT2D eigenvalue weighted by Gasteiger charge is 2.19. The highest BCUT2D eigenvalue weighted by atomic mass is 32.1. The van der Waals surface area contributed by atoms with E-state index in [0.717, 1.165) is 17.1 Å². The molecule has 0 aliphatic heterocycles. The van der Waals surface area contributed by atoms with Gasteiger partial charge in [-0.05, 0) is 120 Å². The van der Waals surface area contributed by atoms with Gasteiger partial charge in [-0.15, -0.1) is 11.3 Å². The molecule has 0 bridgehead atoms. The van der Waals surface area contributed by atoms with Gasteiger partial charge < -0.3 is 4.90 Å². The maximum Gasteiger partial charge on any atom is 0.0540 e. The van der Waals surface area contributed by atoms with Gasteiger partial charge in [-0.2, -0.15) is 0 Å². The maximum absolute atomic E-state index is 2.41. The monoisotopic (exact) mass is 831 g/mol. The van der Waals surface area contributed by atoms with Crippen molar-refractivity contribution in [2.75, 3.05) is 4.90 Å². The number of fused-ring (bicyclic) bond motifs is 5. The number of nitrogens with zero attached hydrogens (tertiary/aromatic N) is 1. The number of anilines is 3. The molecule has 2 heteroatoms. The molecule has 0 fully saturated rings. The third-order valence-electron chi connectivity index (χ3n) is 12.7. The van der Waals surface area contributed by atoms with Crippen molar-refractivity contribution in [3.05, 3.63) is 249 Å². The predicted molar refractivity (Wildman–Crippen MR) is 276 cm³/mol. The van der Waals surface area contributed by atoms with Gasteiger partial charge in [-0.25, -0.2) is 0 Å². The Kier molecular flexibility index (Phi) is 9.43. The minimum atomic E-state index is 1.10. The first kappa shape index (κ1) is 37.7. The maximum atomic E-state index is 2.41. The molecule has 12 rings (SSSR count). The quantitative estimate of drug-likeness (QED) is 0.147. The first-order chi connectivity index (χ1) is 31.7. The Labute approximate surface area is 377 Å². The average molecular weight is 832 g/mol. The summed E-state index contributed by atoms with van der Waals surface area (Å²) in [5, 5.41) is 7.67. The van der Waals surface area contributed by atoms with Crippen LogP contribution in [0.1, 0.15) is 0 Å². The van der Waals surface area contributed by atoms with Crippen molar-refractivity contribution in [2.24, 2.45) is 0 Å². The van der Waals surface area contributed by atoms with E-state index in [2.05, 4.69) is 254 Å². The van der Waals surface area contributed by atoms with Gasteiger partial charge in [0, 0.05) is 37.1 Å². The second-order valence-electron chi connectivity index (χ2n) is 16.5. The zero-order valence-corrected chi connectivity index (χ0v) is 35.8. The van der Waals surface area contributed by atoms with Crippen molar-refractivity contribution < 1.29 is 0 Å². The summed E-state index contributed by atoms with van der Waals surface area (Å²) in [5.41, 5.74) is 15.4. The first-order valence-corrected chi connectivity index (χ1v) is 22.7. The fraction of sp³-hybridized carbons (Fsp3) is 0. The van der Waals surface area contributed by atoms with E-state index < -0.39 is 0 Å². The van der Waals surface area contributed by atoms with Gasteiger partial charge in [0.25, 0.3) is 0 Å². The molecule has 1 aromatic heterocycles. The van der Waals surface area contributed by atoms with E-state index in [4.69, 9.17) is 0 Å². The number of hydrogen-bond donors (Lipinski definition) is 0. The van der Waals surface area contributed by atoms with Crippen molar-refractivity contribution in [2.45, 2.75) is 0 Å². The molecule has 0 atom stereocenters. The topological polar surface area (TPSA) is 3.24 Å². The van der Waals surface area contributed by atoms with Crippen LogP contribution in [0.15, 0.2) is 249 Å². The Morgan fingerprint density at radius 3 is 1.42 bits per heavy atom. The Bertz CT molecular complexity index is 3630. The molecule has 0 saturated carbocycles. The van der Waals surface area contributed by atoms with Crippen molar-refractivity contribution >= 4 is 70.1 Å². The molecule has 0 saturated heterocycles. The predicted octanol–water partition coefficient (Wildman–Crippen LogP) is 18.2. The van der Waals surface area contributed by atoms with Crippen LogP contribution >= 0.6 is 11.3 Å². The number of hydrogen-bond acceptors (Lipinski definition) is 2. The van der Waals surface area contributed by atoms with Crippen LogP contribution in [0.4, 0.5) is 17.1 Å². The van der Waals surface area contributed by atoms with Gasteiger partial charge in [0.1, 0.15) is 0 Å². The van der Waals surface area contributed by atoms with Crippen LogP contribution < -0.4 is 4.90 Å². The summed E-state index contributed by atoms with van der Waals surface area (Å²) in [6, 6.07) is 90.9. The molecule has 0 aliphatic carbocycles. The highest BCUT2D eigenvalue weighted by Crippen LogP contribution is 2.44. The summed E-state index contributed by atoms with van der Waals surface area (Å²) < 4.78 is 2.61. The molecule has 0 amide bonds. The van der Waals surface area contributed by atoms with Crippen LogP contribution in [-0.4, -0.2) is 0 Å². The molecule has 0 N–H and O–H groups in total. The fourth-order valence-electron chi connectivity index (χ4n) is 9.38. The molecule has 300 valence electrons. The van der Waals surface area contributed by atoms with Gasteiger partial charge in [-0.1, -0.05) is 200 Å². The van der Waals surface area contributed by atoms with E-state index >= 15 is 0 Å². The Morgan fingerprint density at radius 1 is 0.250 bits per heavy atom. The van der Waals surface area contributed by atoms with Crippen molar-refractivity contribution in [1.82, 2.24) is 0 Å². The summed E-state index contributed by atoms with van der Waals surface area (Å²) in [6.45, 7) is 0. The second-order valence-corrected chi connectivity index (χ2v) is 17.6. The lowest BCUT2D eigenvalue weighted by Gasteiger charge is -2.28. The smallest absolute Gasteiger partial charge is 0.0540 e. The van der Waals surface area contributed by atoms with Gasteiger partial charge >= 0.3 is 0 Å². The minimum absolute atomic E-state index is 1.10. The highest BCUT2D eigenvalue weighted by molar-refractivity contribution is 7.25. The minimum Gasteiger partial charge on any atom is -0.310 e. The van der Waals surface area contributed by atoms with Crippen LogP contribution in [0.25, 0.3) is 97.4 Å². The molecular weight excluding hydrogens is 791 g/mol. The normalized spacial score (nSPS) is 11.4.